The van der Waals surface area contributed by atoms with Gasteiger partial charge in [-0.2, -0.15) is 0 Å². The molecule has 0 radical (unpaired) electrons. The van der Waals surface area contributed by atoms with Gasteiger partial charge in [0.2, 0.25) is 10.0 Å². The highest BCUT2D eigenvalue weighted by Crippen LogP contribution is 2.17. The second-order valence-corrected chi connectivity index (χ2v) is 6.38. The van der Waals surface area contributed by atoms with Gasteiger partial charge in [-0.3, -0.25) is 0 Å². The SMILES string of the molecule is O=S(=O)(NCc1ccnc2[nH]ccc12)c1ccc(F)c(F)c1. The Morgan fingerprint density at radius 3 is 2.73 bits per heavy atom. The van der Waals surface area contributed by atoms with E-state index in [9.17, 15) is 17.2 Å². The van der Waals surface area contributed by atoms with Gasteiger partial charge in [-0.15, -0.1) is 0 Å². The normalized spacial score (nSPS) is 11.9. The molecule has 0 spiro atoms. The van der Waals surface area contributed by atoms with Crippen molar-refractivity contribution in [2.24, 2.45) is 0 Å². The van der Waals surface area contributed by atoms with Crippen molar-refractivity contribution in [2.75, 3.05) is 0 Å². The van der Waals surface area contributed by atoms with E-state index in [4.69, 9.17) is 0 Å². The molecule has 0 fully saturated rings. The van der Waals surface area contributed by atoms with E-state index < -0.39 is 21.7 Å². The Balaban J connectivity index is 1.86. The first-order valence-electron chi connectivity index (χ1n) is 6.33. The van der Waals surface area contributed by atoms with Crippen LogP contribution in [0.15, 0.2) is 47.6 Å². The minimum Gasteiger partial charge on any atom is -0.346 e. The van der Waals surface area contributed by atoms with Crippen LogP contribution in [0, 0.1) is 11.6 Å². The molecular weight excluding hydrogens is 312 g/mol. The summed E-state index contributed by atoms with van der Waals surface area (Å²) in [5.74, 6) is -2.30. The van der Waals surface area contributed by atoms with Crippen LogP contribution in [0.2, 0.25) is 0 Å². The van der Waals surface area contributed by atoms with Gasteiger partial charge in [0.15, 0.2) is 11.6 Å². The standard InChI is InChI=1S/C14H11F2N3O2S/c15-12-2-1-10(7-13(12)16)22(20,21)19-8-9-3-5-17-14-11(9)4-6-18-14/h1-7,19H,8H2,(H,17,18). The van der Waals surface area contributed by atoms with E-state index >= 15 is 0 Å². The Morgan fingerprint density at radius 2 is 1.95 bits per heavy atom. The van der Waals surface area contributed by atoms with Gasteiger partial charge in [-0.25, -0.2) is 26.9 Å². The number of H-pyrrole nitrogens is 1. The molecule has 5 nitrogen and oxygen atoms in total. The van der Waals surface area contributed by atoms with Crippen molar-refractivity contribution in [3.05, 3.63) is 59.9 Å². The summed E-state index contributed by atoms with van der Waals surface area (Å²) in [6.45, 7) is 0.0121. The average molecular weight is 323 g/mol. The Hall–Kier alpha value is -2.32. The maximum atomic E-state index is 13.2. The maximum Gasteiger partial charge on any atom is 0.240 e. The van der Waals surface area contributed by atoms with Crippen LogP contribution >= 0.6 is 0 Å². The molecule has 3 rings (SSSR count). The van der Waals surface area contributed by atoms with Gasteiger partial charge < -0.3 is 4.98 Å². The molecule has 0 unspecified atom stereocenters. The zero-order valence-corrected chi connectivity index (χ0v) is 12.0. The van der Waals surface area contributed by atoms with Gasteiger partial charge in [-0.1, -0.05) is 0 Å². The zero-order chi connectivity index (χ0) is 15.7. The third kappa shape index (κ3) is 2.70. The summed E-state index contributed by atoms with van der Waals surface area (Å²) < 4.78 is 52.6. The smallest absolute Gasteiger partial charge is 0.240 e. The molecule has 8 heteroatoms. The topological polar surface area (TPSA) is 74.8 Å². The van der Waals surface area contributed by atoms with Crippen LogP contribution in [0.4, 0.5) is 8.78 Å². The van der Waals surface area contributed by atoms with Crippen LogP contribution in [0.5, 0.6) is 0 Å². The Bertz CT molecular complexity index is 938. The number of aromatic nitrogens is 2. The number of hydrogen-bond donors (Lipinski definition) is 2. The monoisotopic (exact) mass is 323 g/mol. The first kappa shape index (κ1) is 14.6. The minimum absolute atomic E-state index is 0.0121. The van der Waals surface area contributed by atoms with Crippen LogP contribution in [-0.4, -0.2) is 18.4 Å². The van der Waals surface area contributed by atoms with E-state index in [-0.39, 0.29) is 11.4 Å². The van der Waals surface area contributed by atoms with Crippen LogP contribution in [-0.2, 0) is 16.6 Å². The zero-order valence-electron chi connectivity index (χ0n) is 11.2. The molecule has 0 aliphatic rings. The number of nitrogens with one attached hydrogen (secondary N) is 2. The van der Waals surface area contributed by atoms with Gasteiger partial charge >= 0.3 is 0 Å². The van der Waals surface area contributed by atoms with Crippen molar-refractivity contribution >= 4 is 21.1 Å². The van der Waals surface area contributed by atoms with E-state index in [1.807, 2.05) is 0 Å². The van der Waals surface area contributed by atoms with E-state index in [0.29, 0.717) is 11.7 Å². The van der Waals surface area contributed by atoms with Crippen LogP contribution in [0.1, 0.15) is 5.56 Å². The Morgan fingerprint density at radius 1 is 1.14 bits per heavy atom. The highest BCUT2D eigenvalue weighted by molar-refractivity contribution is 7.89. The number of sulfonamides is 1. The van der Waals surface area contributed by atoms with E-state index in [1.165, 1.54) is 0 Å². The molecule has 1 aromatic carbocycles. The van der Waals surface area contributed by atoms with Crippen molar-refractivity contribution in [1.82, 2.24) is 14.7 Å². The number of hydrogen-bond acceptors (Lipinski definition) is 3. The highest BCUT2D eigenvalue weighted by atomic mass is 32.2. The maximum absolute atomic E-state index is 13.2. The summed E-state index contributed by atoms with van der Waals surface area (Å²) in [7, 11) is -3.94. The van der Waals surface area contributed by atoms with Crippen LogP contribution in [0.25, 0.3) is 11.0 Å². The lowest BCUT2D eigenvalue weighted by atomic mass is 10.2. The fraction of sp³-hybridized carbons (Fsp3) is 0.0714. The van der Waals surface area contributed by atoms with E-state index in [0.717, 1.165) is 23.1 Å². The van der Waals surface area contributed by atoms with Crippen molar-refractivity contribution in [3.63, 3.8) is 0 Å². The van der Waals surface area contributed by atoms with Gasteiger partial charge in [0, 0.05) is 24.3 Å². The molecule has 114 valence electrons. The first-order valence-corrected chi connectivity index (χ1v) is 7.81. The van der Waals surface area contributed by atoms with Crippen molar-refractivity contribution in [2.45, 2.75) is 11.4 Å². The summed E-state index contributed by atoms with van der Waals surface area (Å²) >= 11 is 0. The van der Waals surface area contributed by atoms with Crippen LogP contribution in [0.3, 0.4) is 0 Å². The Kier molecular flexibility index (Phi) is 3.63. The number of rotatable bonds is 4. The molecule has 0 atom stereocenters. The van der Waals surface area contributed by atoms with Crippen molar-refractivity contribution in [1.29, 1.82) is 0 Å². The molecule has 0 amide bonds. The average Bonchev–Trinajstić information content (AvgIpc) is 2.97. The molecule has 3 aromatic rings. The summed E-state index contributed by atoms with van der Waals surface area (Å²) in [5, 5.41) is 0.787. The second-order valence-electron chi connectivity index (χ2n) is 4.61. The predicted octanol–water partition coefficient (Wildman–Crippen LogP) is 2.32. The minimum atomic E-state index is -3.94. The third-order valence-electron chi connectivity index (χ3n) is 3.20. The molecule has 0 saturated carbocycles. The fourth-order valence-electron chi connectivity index (χ4n) is 2.07. The van der Waals surface area contributed by atoms with Crippen LogP contribution < -0.4 is 4.72 Å². The predicted molar refractivity (Wildman–Crippen MR) is 76.5 cm³/mol. The lowest BCUT2D eigenvalue weighted by molar-refractivity contribution is 0.504. The molecule has 0 saturated heterocycles. The summed E-state index contributed by atoms with van der Waals surface area (Å²) in [6.07, 6.45) is 3.26. The second kappa shape index (κ2) is 5.47. The molecule has 2 heterocycles. The van der Waals surface area contributed by atoms with Gasteiger partial charge in [0.1, 0.15) is 5.65 Å². The number of pyridine rings is 1. The number of fused-ring (bicyclic) bond motifs is 1. The number of halogens is 2. The van der Waals surface area contributed by atoms with E-state index in [1.54, 1.807) is 24.5 Å². The molecule has 0 bridgehead atoms. The lowest BCUT2D eigenvalue weighted by Gasteiger charge is -2.08. The Labute approximate surface area is 125 Å². The lowest BCUT2D eigenvalue weighted by Crippen LogP contribution is -2.23. The van der Waals surface area contributed by atoms with Crippen molar-refractivity contribution in [3.8, 4) is 0 Å². The largest absolute Gasteiger partial charge is 0.346 e. The molecular formula is C14H11F2N3O2S. The van der Waals surface area contributed by atoms with Gasteiger partial charge in [-0.05, 0) is 35.9 Å². The summed E-state index contributed by atoms with van der Waals surface area (Å²) in [6, 6.07) is 5.91. The van der Waals surface area contributed by atoms with Gasteiger partial charge in [0.05, 0.1) is 4.90 Å². The van der Waals surface area contributed by atoms with E-state index in [2.05, 4.69) is 14.7 Å². The third-order valence-corrected chi connectivity index (χ3v) is 4.60. The summed E-state index contributed by atoms with van der Waals surface area (Å²) in [5.41, 5.74) is 1.36. The molecule has 2 aromatic heterocycles. The fourth-order valence-corrected chi connectivity index (χ4v) is 3.09. The molecule has 22 heavy (non-hydrogen) atoms. The molecule has 0 aliphatic heterocycles. The number of aromatic amines is 1. The van der Waals surface area contributed by atoms with Gasteiger partial charge in [0.25, 0.3) is 0 Å². The highest BCUT2D eigenvalue weighted by Gasteiger charge is 2.16. The molecule has 2 N–H and O–H groups in total. The molecule has 0 aliphatic carbocycles. The number of benzene rings is 1. The first-order chi connectivity index (χ1) is 10.5. The summed E-state index contributed by atoms with van der Waals surface area (Å²) in [4.78, 5) is 6.70. The quantitative estimate of drug-likeness (QED) is 0.774. The number of nitrogens with zero attached hydrogens (tertiary/aromatic N) is 1. The van der Waals surface area contributed by atoms with Crippen molar-refractivity contribution < 1.29 is 17.2 Å².